The molecule has 0 aliphatic carbocycles. The Morgan fingerprint density at radius 3 is 2.84 bits per heavy atom. The average Bonchev–Trinajstić information content (AvgIpc) is 2.89. The molecular weight excluding hydrogens is 306 g/mol. The molecule has 0 amide bonds. The third-order valence-corrected chi connectivity index (χ3v) is 3.78. The first-order valence-corrected chi connectivity index (χ1v) is 7.24. The molecular formula is C14H18BrN3O. The molecule has 0 radical (unpaired) electrons. The summed E-state index contributed by atoms with van der Waals surface area (Å²) in [4.78, 5) is 0. The van der Waals surface area contributed by atoms with Gasteiger partial charge in [-0.3, -0.25) is 0 Å². The number of rotatable bonds is 5. The fourth-order valence-corrected chi connectivity index (χ4v) is 2.08. The second kappa shape index (κ2) is 6.30. The Bertz CT molecular complexity index is 553. The second-order valence-electron chi connectivity index (χ2n) is 4.59. The van der Waals surface area contributed by atoms with Crippen molar-refractivity contribution < 1.29 is 4.42 Å². The van der Waals surface area contributed by atoms with Crippen LogP contribution in [0.2, 0.25) is 0 Å². The normalized spacial score (nSPS) is 12.6. The van der Waals surface area contributed by atoms with Crippen LogP contribution in [0, 0.1) is 6.92 Å². The third kappa shape index (κ3) is 3.42. The van der Waals surface area contributed by atoms with Crippen LogP contribution in [0.25, 0.3) is 11.5 Å². The van der Waals surface area contributed by atoms with Crippen LogP contribution in [0.5, 0.6) is 0 Å². The lowest BCUT2D eigenvalue weighted by Crippen LogP contribution is -2.19. The summed E-state index contributed by atoms with van der Waals surface area (Å²) in [7, 11) is 0. The summed E-state index contributed by atoms with van der Waals surface area (Å²) >= 11 is 3.51. The molecule has 102 valence electrons. The van der Waals surface area contributed by atoms with Gasteiger partial charge in [0, 0.05) is 10.0 Å². The zero-order valence-corrected chi connectivity index (χ0v) is 13.0. The van der Waals surface area contributed by atoms with Gasteiger partial charge in [0.15, 0.2) is 0 Å². The van der Waals surface area contributed by atoms with Gasteiger partial charge in [-0.25, -0.2) is 0 Å². The minimum atomic E-state index is 0.0788. The zero-order chi connectivity index (χ0) is 13.8. The molecule has 1 N–H and O–H groups in total. The minimum Gasteiger partial charge on any atom is -0.419 e. The van der Waals surface area contributed by atoms with E-state index in [4.69, 9.17) is 4.42 Å². The lowest BCUT2D eigenvalue weighted by molar-refractivity contribution is 0.423. The van der Waals surface area contributed by atoms with Crippen LogP contribution in [0.4, 0.5) is 0 Å². The van der Waals surface area contributed by atoms with Crippen LogP contribution in [-0.4, -0.2) is 16.7 Å². The third-order valence-electron chi connectivity index (χ3n) is 2.93. The molecule has 0 saturated carbocycles. The number of halogens is 1. The molecule has 2 aromatic rings. The Morgan fingerprint density at radius 1 is 1.37 bits per heavy atom. The molecule has 1 aromatic carbocycles. The predicted molar refractivity (Wildman–Crippen MR) is 78.9 cm³/mol. The van der Waals surface area contributed by atoms with Crippen molar-refractivity contribution >= 4 is 15.9 Å². The lowest BCUT2D eigenvalue weighted by Gasteiger charge is -2.07. The highest BCUT2D eigenvalue weighted by Crippen LogP contribution is 2.25. The standard InChI is InChI=1S/C14H18BrN3O/c1-4-7-16-10(3)13-17-18-14(19-13)11-6-5-9(2)12(15)8-11/h5-6,8,10,16H,4,7H2,1-3H3. The number of nitrogens with zero attached hydrogens (tertiary/aromatic N) is 2. The van der Waals surface area contributed by atoms with Gasteiger partial charge >= 0.3 is 0 Å². The fraction of sp³-hybridized carbons (Fsp3) is 0.429. The Morgan fingerprint density at radius 2 is 2.16 bits per heavy atom. The van der Waals surface area contributed by atoms with Gasteiger partial charge in [-0.05, 0) is 44.5 Å². The summed E-state index contributed by atoms with van der Waals surface area (Å²) in [5.74, 6) is 1.18. The maximum absolute atomic E-state index is 5.72. The highest BCUT2D eigenvalue weighted by Gasteiger charge is 2.14. The van der Waals surface area contributed by atoms with Crippen LogP contribution in [-0.2, 0) is 0 Å². The van der Waals surface area contributed by atoms with Crippen molar-refractivity contribution in [2.45, 2.75) is 33.2 Å². The summed E-state index contributed by atoms with van der Waals surface area (Å²) < 4.78 is 6.76. The first-order chi connectivity index (χ1) is 9.11. The molecule has 0 spiro atoms. The van der Waals surface area contributed by atoms with E-state index in [9.17, 15) is 0 Å². The van der Waals surface area contributed by atoms with Crippen LogP contribution in [0.1, 0.15) is 37.8 Å². The van der Waals surface area contributed by atoms with Gasteiger partial charge < -0.3 is 9.73 Å². The van der Waals surface area contributed by atoms with Gasteiger partial charge in [0.05, 0.1) is 6.04 Å². The van der Waals surface area contributed by atoms with E-state index in [0.29, 0.717) is 11.8 Å². The van der Waals surface area contributed by atoms with E-state index in [1.165, 1.54) is 5.56 Å². The number of nitrogens with one attached hydrogen (secondary N) is 1. The van der Waals surface area contributed by atoms with Crippen molar-refractivity contribution in [1.29, 1.82) is 0 Å². The Labute approximate surface area is 121 Å². The summed E-state index contributed by atoms with van der Waals surface area (Å²) in [5.41, 5.74) is 2.11. The van der Waals surface area contributed by atoms with Gasteiger partial charge in [-0.1, -0.05) is 28.9 Å². The van der Waals surface area contributed by atoms with E-state index in [1.807, 2.05) is 32.0 Å². The first kappa shape index (κ1) is 14.2. The van der Waals surface area contributed by atoms with Crippen molar-refractivity contribution in [3.63, 3.8) is 0 Å². The SMILES string of the molecule is CCCNC(C)c1nnc(-c2ccc(C)c(Br)c2)o1. The van der Waals surface area contributed by atoms with E-state index in [1.54, 1.807) is 0 Å². The van der Waals surface area contributed by atoms with Crippen LogP contribution >= 0.6 is 15.9 Å². The van der Waals surface area contributed by atoms with Gasteiger partial charge in [0.25, 0.3) is 0 Å². The highest BCUT2D eigenvalue weighted by atomic mass is 79.9. The van der Waals surface area contributed by atoms with Gasteiger partial charge in [0.2, 0.25) is 11.8 Å². The molecule has 19 heavy (non-hydrogen) atoms. The molecule has 1 atom stereocenters. The van der Waals surface area contributed by atoms with E-state index in [-0.39, 0.29) is 6.04 Å². The van der Waals surface area contributed by atoms with Crippen molar-refractivity contribution in [2.24, 2.45) is 0 Å². The molecule has 0 fully saturated rings. The van der Waals surface area contributed by atoms with Gasteiger partial charge in [0.1, 0.15) is 0 Å². The van der Waals surface area contributed by atoms with Crippen LogP contribution in [0.3, 0.4) is 0 Å². The largest absolute Gasteiger partial charge is 0.419 e. The maximum Gasteiger partial charge on any atom is 0.247 e. The Balaban J connectivity index is 2.18. The molecule has 4 nitrogen and oxygen atoms in total. The molecule has 0 aliphatic heterocycles. The molecule has 1 unspecified atom stereocenters. The molecule has 5 heteroatoms. The number of aryl methyl sites for hydroxylation is 1. The molecule has 1 aromatic heterocycles. The van der Waals surface area contributed by atoms with Crippen molar-refractivity contribution in [3.8, 4) is 11.5 Å². The van der Waals surface area contributed by atoms with Crippen molar-refractivity contribution in [1.82, 2.24) is 15.5 Å². The zero-order valence-electron chi connectivity index (χ0n) is 11.4. The molecule has 0 aliphatic rings. The first-order valence-electron chi connectivity index (χ1n) is 6.45. The van der Waals surface area contributed by atoms with E-state index >= 15 is 0 Å². The van der Waals surface area contributed by atoms with E-state index < -0.39 is 0 Å². The average molecular weight is 324 g/mol. The van der Waals surface area contributed by atoms with Gasteiger partial charge in [-0.2, -0.15) is 0 Å². The van der Waals surface area contributed by atoms with Crippen LogP contribution in [0.15, 0.2) is 27.1 Å². The Kier molecular flexibility index (Phi) is 4.71. The smallest absolute Gasteiger partial charge is 0.247 e. The monoisotopic (exact) mass is 323 g/mol. The number of aromatic nitrogens is 2. The summed E-state index contributed by atoms with van der Waals surface area (Å²) in [5, 5.41) is 11.5. The van der Waals surface area contributed by atoms with Crippen molar-refractivity contribution in [3.05, 3.63) is 34.1 Å². The van der Waals surface area contributed by atoms with E-state index in [2.05, 4.69) is 38.4 Å². The lowest BCUT2D eigenvalue weighted by atomic mass is 10.1. The minimum absolute atomic E-state index is 0.0788. The van der Waals surface area contributed by atoms with E-state index in [0.717, 1.165) is 23.0 Å². The molecule has 1 heterocycles. The maximum atomic E-state index is 5.72. The van der Waals surface area contributed by atoms with Crippen molar-refractivity contribution in [2.75, 3.05) is 6.54 Å². The predicted octanol–water partition coefficient (Wildman–Crippen LogP) is 3.87. The molecule has 0 saturated heterocycles. The van der Waals surface area contributed by atoms with Crippen LogP contribution < -0.4 is 5.32 Å². The fourth-order valence-electron chi connectivity index (χ4n) is 1.70. The summed E-state index contributed by atoms with van der Waals surface area (Å²) in [6, 6.07) is 6.09. The number of hydrogen-bond donors (Lipinski definition) is 1. The summed E-state index contributed by atoms with van der Waals surface area (Å²) in [6.45, 7) is 7.14. The molecule has 0 bridgehead atoms. The quantitative estimate of drug-likeness (QED) is 0.907. The second-order valence-corrected chi connectivity index (χ2v) is 5.44. The molecule has 2 rings (SSSR count). The number of hydrogen-bond acceptors (Lipinski definition) is 4. The Hall–Kier alpha value is -1.20. The highest BCUT2D eigenvalue weighted by molar-refractivity contribution is 9.10. The topological polar surface area (TPSA) is 51.0 Å². The number of benzene rings is 1. The summed E-state index contributed by atoms with van der Waals surface area (Å²) in [6.07, 6.45) is 1.08. The van der Waals surface area contributed by atoms with Gasteiger partial charge in [-0.15, -0.1) is 10.2 Å².